The average Bonchev–Trinajstić information content (AvgIpc) is 3.25. The lowest BCUT2D eigenvalue weighted by Crippen LogP contribution is -2.25. The van der Waals surface area contributed by atoms with Crippen molar-refractivity contribution in [2.75, 3.05) is 16.0 Å². The van der Waals surface area contributed by atoms with Crippen molar-refractivity contribution < 1.29 is 29.4 Å². The van der Waals surface area contributed by atoms with E-state index in [4.69, 9.17) is 0 Å². The predicted molar refractivity (Wildman–Crippen MR) is 230 cm³/mol. The first-order valence-corrected chi connectivity index (χ1v) is 19.2. The number of carbonyl (C=O) groups excluding carboxylic acids is 4. The Morgan fingerprint density at radius 3 is 1.76 bits per heavy atom. The number of aromatic hydroxyl groups is 2. The molecule has 0 aliphatic heterocycles. The maximum absolute atomic E-state index is 13.2. The van der Waals surface area contributed by atoms with Crippen LogP contribution in [0.25, 0.3) is 11.1 Å². The highest BCUT2D eigenvalue weighted by Crippen LogP contribution is 2.32. The SMILES string of the molecule is Cc1ccc(NC(=O)c2ccc(NC(=O)c3ccc(NC(=O)C(CC#N)CC(=O)c4ccc(CCc5ccc(-c6ccccc6)cc5)cc4)cc3)c(C)c2O)c(C)c1O. The number of amides is 3. The summed E-state index contributed by atoms with van der Waals surface area (Å²) in [6.07, 6.45) is 1.36. The molecule has 6 aromatic carbocycles. The zero-order valence-electron chi connectivity index (χ0n) is 33.0. The number of nitrogens with zero attached hydrogens (tertiary/aromatic N) is 1. The minimum Gasteiger partial charge on any atom is -0.507 e. The Kier molecular flexibility index (Phi) is 13.0. The number of phenolic OH excluding ortho intramolecular Hbond substituents is 2. The van der Waals surface area contributed by atoms with Gasteiger partial charge in [0.15, 0.2) is 5.78 Å². The number of Topliss-reactive ketones (excluding diaryl/α,β-unsaturated/α-hetero) is 1. The van der Waals surface area contributed by atoms with Gasteiger partial charge < -0.3 is 26.2 Å². The minimum absolute atomic E-state index is 0.0119. The molecule has 0 heterocycles. The zero-order chi connectivity index (χ0) is 42.1. The molecule has 0 spiro atoms. The molecule has 0 radical (unpaired) electrons. The average molecular weight is 785 g/mol. The van der Waals surface area contributed by atoms with E-state index in [-0.39, 0.29) is 52.5 Å². The second-order valence-corrected chi connectivity index (χ2v) is 14.5. The van der Waals surface area contributed by atoms with E-state index in [0.717, 1.165) is 18.4 Å². The summed E-state index contributed by atoms with van der Waals surface area (Å²) in [4.78, 5) is 52.6. The predicted octanol–water partition coefficient (Wildman–Crippen LogP) is 9.72. The number of phenols is 2. The molecule has 3 amide bonds. The van der Waals surface area contributed by atoms with Crippen molar-refractivity contribution in [2.24, 2.45) is 5.92 Å². The highest BCUT2D eigenvalue weighted by Gasteiger charge is 2.24. The van der Waals surface area contributed by atoms with E-state index in [0.29, 0.717) is 28.1 Å². The molecule has 6 rings (SSSR count). The van der Waals surface area contributed by atoms with E-state index < -0.39 is 23.6 Å². The van der Waals surface area contributed by atoms with Gasteiger partial charge in [0.05, 0.1) is 17.6 Å². The fraction of sp³-hybridized carbons (Fsp3) is 0.163. The van der Waals surface area contributed by atoms with Gasteiger partial charge in [0.1, 0.15) is 11.5 Å². The number of benzene rings is 6. The molecule has 0 aromatic heterocycles. The standard InChI is InChI=1S/C49H44N4O6/c1-30-9-25-42(31(2)45(30)55)53-49(59)41-24-26-43(32(3)46(41)56)52-47(57)38-20-22-40(23-21-38)51-48(58)39(27-28-50)29-44(54)37-18-14-34(15-19-37)11-10-33-12-16-36(17-13-33)35-7-5-4-6-8-35/h4-9,12-26,39,55-56H,10-11,27,29H2,1-3H3,(H,51,58)(H,52,57)(H,53,59). The molecule has 0 saturated carbocycles. The van der Waals surface area contributed by atoms with E-state index in [1.54, 1.807) is 45.0 Å². The third kappa shape index (κ3) is 10.1. The van der Waals surface area contributed by atoms with Crippen LogP contribution in [0, 0.1) is 38.0 Å². The fourth-order valence-corrected chi connectivity index (χ4v) is 6.67. The van der Waals surface area contributed by atoms with Crippen LogP contribution in [-0.4, -0.2) is 33.7 Å². The molecule has 1 unspecified atom stereocenters. The van der Waals surface area contributed by atoms with Gasteiger partial charge in [0.2, 0.25) is 5.91 Å². The van der Waals surface area contributed by atoms with Gasteiger partial charge in [-0.2, -0.15) is 5.26 Å². The van der Waals surface area contributed by atoms with Gasteiger partial charge in [-0.1, -0.05) is 84.9 Å². The molecule has 0 bridgehead atoms. The lowest BCUT2D eigenvalue weighted by atomic mass is 9.94. The molecule has 0 fully saturated rings. The van der Waals surface area contributed by atoms with Crippen LogP contribution >= 0.6 is 0 Å². The first-order chi connectivity index (χ1) is 28.4. The highest BCUT2D eigenvalue weighted by atomic mass is 16.3. The Bertz CT molecular complexity index is 2540. The monoisotopic (exact) mass is 784 g/mol. The van der Waals surface area contributed by atoms with E-state index in [2.05, 4.69) is 52.3 Å². The molecule has 0 saturated heterocycles. The number of anilines is 3. The van der Waals surface area contributed by atoms with Gasteiger partial charge in [0, 0.05) is 52.2 Å². The summed E-state index contributed by atoms with van der Waals surface area (Å²) in [5.41, 5.74) is 7.84. The zero-order valence-corrected chi connectivity index (χ0v) is 33.0. The molecule has 296 valence electrons. The van der Waals surface area contributed by atoms with Gasteiger partial charge in [-0.15, -0.1) is 0 Å². The van der Waals surface area contributed by atoms with Gasteiger partial charge in [-0.3, -0.25) is 19.2 Å². The van der Waals surface area contributed by atoms with Crippen molar-refractivity contribution in [1.82, 2.24) is 0 Å². The molecular weight excluding hydrogens is 741 g/mol. The first-order valence-electron chi connectivity index (χ1n) is 19.2. The van der Waals surface area contributed by atoms with Gasteiger partial charge in [-0.25, -0.2) is 0 Å². The Morgan fingerprint density at radius 2 is 1.14 bits per heavy atom. The van der Waals surface area contributed by atoms with Crippen LogP contribution in [-0.2, 0) is 17.6 Å². The van der Waals surface area contributed by atoms with E-state index in [9.17, 15) is 34.7 Å². The van der Waals surface area contributed by atoms with Crippen molar-refractivity contribution >= 4 is 40.6 Å². The van der Waals surface area contributed by atoms with E-state index in [1.807, 2.05) is 36.4 Å². The number of carbonyl (C=O) groups is 4. The molecule has 6 aromatic rings. The molecule has 10 heteroatoms. The number of rotatable bonds is 14. The van der Waals surface area contributed by atoms with Crippen LogP contribution in [0.3, 0.4) is 0 Å². The van der Waals surface area contributed by atoms with Crippen molar-refractivity contribution in [2.45, 2.75) is 46.5 Å². The number of aryl methyl sites for hydroxylation is 3. The van der Waals surface area contributed by atoms with Crippen molar-refractivity contribution in [3.8, 4) is 28.7 Å². The third-order valence-electron chi connectivity index (χ3n) is 10.4. The number of hydrogen-bond acceptors (Lipinski definition) is 7. The Hall–Kier alpha value is -7.51. The Labute approximate surface area is 343 Å². The van der Waals surface area contributed by atoms with Crippen LogP contribution in [0.15, 0.2) is 127 Å². The summed E-state index contributed by atoms with van der Waals surface area (Å²) in [5, 5.41) is 38.7. The second-order valence-electron chi connectivity index (χ2n) is 14.5. The van der Waals surface area contributed by atoms with Crippen LogP contribution in [0.4, 0.5) is 17.1 Å². The lowest BCUT2D eigenvalue weighted by Gasteiger charge is -2.15. The number of nitriles is 1. The summed E-state index contributed by atoms with van der Waals surface area (Å²) < 4.78 is 0. The summed E-state index contributed by atoms with van der Waals surface area (Å²) in [6, 6.07) is 40.4. The molecular formula is C49H44N4O6. The van der Waals surface area contributed by atoms with Crippen LogP contribution in [0.2, 0.25) is 0 Å². The van der Waals surface area contributed by atoms with E-state index in [1.165, 1.54) is 53.1 Å². The summed E-state index contributed by atoms with van der Waals surface area (Å²) >= 11 is 0. The maximum Gasteiger partial charge on any atom is 0.259 e. The largest absolute Gasteiger partial charge is 0.507 e. The van der Waals surface area contributed by atoms with Crippen molar-refractivity contribution in [3.05, 3.63) is 172 Å². The maximum atomic E-state index is 13.2. The Morgan fingerprint density at radius 1 is 0.593 bits per heavy atom. The lowest BCUT2D eigenvalue weighted by molar-refractivity contribution is -0.119. The summed E-state index contributed by atoms with van der Waals surface area (Å²) in [6.45, 7) is 4.99. The van der Waals surface area contributed by atoms with Gasteiger partial charge >= 0.3 is 0 Å². The van der Waals surface area contributed by atoms with Crippen LogP contribution in [0.1, 0.15) is 71.7 Å². The Balaban J connectivity index is 1.01. The molecule has 1 atom stereocenters. The van der Waals surface area contributed by atoms with Crippen LogP contribution < -0.4 is 16.0 Å². The smallest absolute Gasteiger partial charge is 0.259 e. The van der Waals surface area contributed by atoms with Crippen molar-refractivity contribution in [3.63, 3.8) is 0 Å². The molecule has 0 aliphatic carbocycles. The molecule has 5 N–H and O–H groups in total. The number of ketones is 1. The molecule has 0 aliphatic rings. The third-order valence-corrected chi connectivity index (χ3v) is 10.4. The number of hydrogen-bond donors (Lipinski definition) is 5. The fourth-order valence-electron chi connectivity index (χ4n) is 6.67. The van der Waals surface area contributed by atoms with Gasteiger partial charge in [0.25, 0.3) is 11.8 Å². The second kappa shape index (κ2) is 18.6. The minimum atomic E-state index is -0.886. The number of nitrogens with one attached hydrogen (secondary N) is 3. The first kappa shape index (κ1) is 41.1. The topological polar surface area (TPSA) is 169 Å². The normalized spacial score (nSPS) is 11.2. The summed E-state index contributed by atoms with van der Waals surface area (Å²) in [5.74, 6) is -2.95. The van der Waals surface area contributed by atoms with Crippen LogP contribution in [0.5, 0.6) is 11.5 Å². The molecule has 10 nitrogen and oxygen atoms in total. The van der Waals surface area contributed by atoms with Crippen molar-refractivity contribution in [1.29, 1.82) is 5.26 Å². The quantitative estimate of drug-likeness (QED) is 0.0685. The highest BCUT2D eigenvalue weighted by molar-refractivity contribution is 6.09. The van der Waals surface area contributed by atoms with E-state index >= 15 is 0 Å². The van der Waals surface area contributed by atoms with Gasteiger partial charge in [-0.05, 0) is 104 Å². The summed E-state index contributed by atoms with van der Waals surface area (Å²) in [7, 11) is 0. The molecule has 59 heavy (non-hydrogen) atoms.